The Morgan fingerprint density at radius 2 is 1.81 bits per heavy atom. The molecular formula is C18H16F2N6. The number of nitrogens with zero attached hydrogens (tertiary/aromatic N) is 3. The Hall–Kier alpha value is -3.29. The molecule has 1 aromatic carbocycles. The molecule has 6 nitrogen and oxygen atoms in total. The third-order valence-electron chi connectivity index (χ3n) is 4.18. The first-order valence-corrected chi connectivity index (χ1v) is 8.04. The average Bonchev–Trinajstić information content (AvgIpc) is 3.03. The molecule has 26 heavy (non-hydrogen) atoms. The van der Waals surface area contributed by atoms with Crippen molar-refractivity contribution in [3.8, 4) is 22.4 Å². The molecule has 0 saturated heterocycles. The number of aromatic nitrogens is 3. The van der Waals surface area contributed by atoms with E-state index in [4.69, 9.17) is 5.41 Å². The lowest BCUT2D eigenvalue weighted by molar-refractivity contribution is 0.585. The molecule has 0 atom stereocenters. The summed E-state index contributed by atoms with van der Waals surface area (Å²) in [6.07, 6.45) is 0. The summed E-state index contributed by atoms with van der Waals surface area (Å²) in [5.74, 6) is -0.782. The number of aryl methyl sites for hydroxylation is 2. The van der Waals surface area contributed by atoms with Crippen molar-refractivity contribution in [3.63, 3.8) is 0 Å². The van der Waals surface area contributed by atoms with Crippen LogP contribution in [0.5, 0.6) is 0 Å². The van der Waals surface area contributed by atoms with E-state index in [0.717, 1.165) is 23.0 Å². The van der Waals surface area contributed by atoms with Gasteiger partial charge in [-0.05, 0) is 43.7 Å². The molecular weight excluding hydrogens is 338 g/mol. The molecule has 3 aromatic rings. The first-order chi connectivity index (χ1) is 12.4. The molecule has 3 heterocycles. The minimum Gasteiger partial charge on any atom is -0.351 e. The Morgan fingerprint density at radius 1 is 1.08 bits per heavy atom. The van der Waals surface area contributed by atoms with Crippen LogP contribution in [0.15, 0.2) is 30.3 Å². The molecule has 0 saturated carbocycles. The van der Waals surface area contributed by atoms with Crippen LogP contribution in [-0.4, -0.2) is 21.3 Å². The lowest BCUT2D eigenvalue weighted by Crippen LogP contribution is -2.28. The number of hydrogen-bond acceptors (Lipinski definition) is 5. The van der Waals surface area contributed by atoms with Crippen LogP contribution in [-0.2, 0) is 0 Å². The van der Waals surface area contributed by atoms with Gasteiger partial charge >= 0.3 is 0 Å². The minimum atomic E-state index is -0.725. The molecule has 0 fully saturated rings. The van der Waals surface area contributed by atoms with E-state index in [9.17, 15) is 8.78 Å². The molecule has 0 spiro atoms. The van der Waals surface area contributed by atoms with Crippen molar-refractivity contribution in [2.45, 2.75) is 13.8 Å². The van der Waals surface area contributed by atoms with Crippen molar-refractivity contribution >= 4 is 5.82 Å². The zero-order valence-corrected chi connectivity index (χ0v) is 14.2. The molecule has 0 amide bonds. The number of pyridine rings is 1. The fourth-order valence-corrected chi connectivity index (χ4v) is 3.19. The van der Waals surface area contributed by atoms with Gasteiger partial charge in [-0.15, -0.1) is 0 Å². The van der Waals surface area contributed by atoms with Crippen LogP contribution in [0.3, 0.4) is 0 Å². The monoisotopic (exact) mass is 354 g/mol. The van der Waals surface area contributed by atoms with Crippen LogP contribution < -0.4 is 16.4 Å². The summed E-state index contributed by atoms with van der Waals surface area (Å²) >= 11 is 0. The SMILES string of the molecule is Cc1cc(-c2c(-c3ccc(F)cc3F)nc(=N)n3c2NCN3)cc(C)n1. The van der Waals surface area contributed by atoms with Gasteiger partial charge in [0.2, 0.25) is 5.62 Å². The molecule has 0 radical (unpaired) electrons. The smallest absolute Gasteiger partial charge is 0.243 e. The van der Waals surface area contributed by atoms with Crippen molar-refractivity contribution in [3.05, 3.63) is 59.0 Å². The number of halogens is 2. The Bertz CT molecular complexity index is 1070. The first-order valence-electron chi connectivity index (χ1n) is 8.04. The van der Waals surface area contributed by atoms with Crippen LogP contribution in [0.1, 0.15) is 11.4 Å². The van der Waals surface area contributed by atoms with Crippen molar-refractivity contribution in [2.75, 3.05) is 17.4 Å². The van der Waals surface area contributed by atoms with E-state index < -0.39 is 11.6 Å². The first kappa shape index (κ1) is 16.2. The number of hydrogen-bond donors (Lipinski definition) is 3. The number of rotatable bonds is 2. The van der Waals surface area contributed by atoms with E-state index in [0.29, 0.717) is 18.1 Å². The third-order valence-corrected chi connectivity index (χ3v) is 4.18. The van der Waals surface area contributed by atoms with Gasteiger partial charge in [-0.2, -0.15) is 0 Å². The topological polar surface area (TPSA) is 78.6 Å². The molecule has 0 unspecified atom stereocenters. The van der Waals surface area contributed by atoms with Gasteiger partial charge in [0.25, 0.3) is 0 Å². The summed E-state index contributed by atoms with van der Waals surface area (Å²) in [5, 5.41) is 11.3. The minimum absolute atomic E-state index is 0.0741. The highest BCUT2D eigenvalue weighted by atomic mass is 19.1. The largest absolute Gasteiger partial charge is 0.351 e. The molecule has 1 aliphatic heterocycles. The lowest BCUT2D eigenvalue weighted by atomic mass is 9.98. The molecule has 4 rings (SSSR count). The Labute approximate surface area is 148 Å². The highest BCUT2D eigenvalue weighted by molar-refractivity contribution is 5.89. The maximum Gasteiger partial charge on any atom is 0.243 e. The number of benzene rings is 1. The summed E-state index contributed by atoms with van der Waals surface area (Å²) in [6.45, 7) is 4.17. The van der Waals surface area contributed by atoms with E-state index in [1.807, 2.05) is 26.0 Å². The van der Waals surface area contributed by atoms with Crippen LogP contribution in [0.4, 0.5) is 14.6 Å². The fourth-order valence-electron chi connectivity index (χ4n) is 3.19. The van der Waals surface area contributed by atoms with E-state index in [2.05, 4.69) is 20.7 Å². The van der Waals surface area contributed by atoms with Crippen molar-refractivity contribution < 1.29 is 8.78 Å². The van der Waals surface area contributed by atoms with Crippen molar-refractivity contribution in [2.24, 2.45) is 0 Å². The van der Waals surface area contributed by atoms with Crippen molar-refractivity contribution in [1.82, 2.24) is 14.6 Å². The van der Waals surface area contributed by atoms with Gasteiger partial charge in [-0.25, -0.2) is 18.4 Å². The molecule has 0 aliphatic carbocycles. The predicted molar refractivity (Wildman–Crippen MR) is 94.0 cm³/mol. The zero-order valence-electron chi connectivity index (χ0n) is 14.2. The van der Waals surface area contributed by atoms with Gasteiger partial charge in [0, 0.05) is 23.0 Å². The second-order valence-corrected chi connectivity index (χ2v) is 6.12. The van der Waals surface area contributed by atoms with Gasteiger partial charge in [0.05, 0.1) is 11.3 Å². The fraction of sp³-hybridized carbons (Fsp3) is 0.167. The van der Waals surface area contributed by atoms with Gasteiger partial charge in [0.1, 0.15) is 24.1 Å². The average molecular weight is 354 g/mol. The molecule has 3 N–H and O–H groups in total. The number of fused-ring (bicyclic) bond motifs is 1. The summed E-state index contributed by atoms with van der Waals surface area (Å²) in [5.41, 5.74) is 6.38. The second-order valence-electron chi connectivity index (χ2n) is 6.12. The second kappa shape index (κ2) is 5.91. The summed E-state index contributed by atoms with van der Waals surface area (Å²) < 4.78 is 29.3. The Kier molecular flexibility index (Phi) is 3.68. The van der Waals surface area contributed by atoms with E-state index >= 15 is 0 Å². The maximum atomic E-state index is 14.5. The van der Waals surface area contributed by atoms with E-state index in [-0.39, 0.29) is 16.9 Å². The quantitative estimate of drug-likeness (QED) is 0.661. The van der Waals surface area contributed by atoms with Gasteiger partial charge in [0.15, 0.2) is 0 Å². The lowest BCUT2D eigenvalue weighted by Gasteiger charge is -2.16. The van der Waals surface area contributed by atoms with E-state index in [1.165, 1.54) is 16.8 Å². The zero-order chi connectivity index (χ0) is 18.4. The normalized spacial score (nSPS) is 12.5. The summed E-state index contributed by atoms with van der Waals surface area (Å²) in [7, 11) is 0. The Morgan fingerprint density at radius 3 is 2.50 bits per heavy atom. The number of nitrogens with one attached hydrogen (secondary N) is 3. The van der Waals surface area contributed by atoms with Gasteiger partial charge < -0.3 is 10.7 Å². The van der Waals surface area contributed by atoms with Crippen LogP contribution in [0.2, 0.25) is 0 Å². The molecule has 132 valence electrons. The van der Waals surface area contributed by atoms with Crippen LogP contribution in [0, 0.1) is 30.9 Å². The van der Waals surface area contributed by atoms with Crippen molar-refractivity contribution in [1.29, 1.82) is 5.41 Å². The standard InChI is InChI=1S/C18H16F2N6/c1-9-5-11(6-10(2)24-9)15-16(13-4-3-12(19)7-14(13)20)25-18(21)26-17(15)22-8-23-26/h3-7,21-23H,8H2,1-2H3. The summed E-state index contributed by atoms with van der Waals surface area (Å²) in [6, 6.07) is 7.09. The van der Waals surface area contributed by atoms with E-state index in [1.54, 1.807) is 0 Å². The third kappa shape index (κ3) is 2.59. The van der Waals surface area contributed by atoms with Gasteiger partial charge in [-0.1, -0.05) is 0 Å². The highest BCUT2D eigenvalue weighted by Gasteiger charge is 2.24. The van der Waals surface area contributed by atoms with Crippen LogP contribution >= 0.6 is 0 Å². The maximum absolute atomic E-state index is 14.5. The molecule has 1 aliphatic rings. The Balaban J connectivity index is 2.09. The molecule has 0 bridgehead atoms. The van der Waals surface area contributed by atoms with Crippen LogP contribution in [0.25, 0.3) is 22.4 Å². The molecule has 2 aromatic heterocycles. The summed E-state index contributed by atoms with van der Waals surface area (Å²) in [4.78, 5) is 8.66. The molecule has 8 heteroatoms. The highest BCUT2D eigenvalue weighted by Crippen LogP contribution is 2.37. The predicted octanol–water partition coefficient (Wildman–Crippen LogP) is 2.91. The van der Waals surface area contributed by atoms with Gasteiger partial charge in [-0.3, -0.25) is 10.4 Å². The number of anilines is 1.